The van der Waals surface area contributed by atoms with E-state index in [9.17, 15) is 9.18 Å². The van der Waals surface area contributed by atoms with Crippen LogP contribution < -0.4 is 16.2 Å². The van der Waals surface area contributed by atoms with Crippen molar-refractivity contribution in [1.82, 2.24) is 19.9 Å². The average Bonchev–Trinajstić information content (AvgIpc) is 2.76. The minimum atomic E-state index is -0.494. The van der Waals surface area contributed by atoms with E-state index in [0.717, 1.165) is 25.7 Å². The predicted molar refractivity (Wildman–Crippen MR) is 112 cm³/mol. The van der Waals surface area contributed by atoms with E-state index in [-0.39, 0.29) is 17.3 Å². The number of benzene rings is 1. The second-order valence-corrected chi connectivity index (χ2v) is 7.33. The minimum Gasteiger partial charge on any atom is -0.351 e. The molecule has 0 aliphatic heterocycles. The number of halogens is 1. The third-order valence-electron chi connectivity index (χ3n) is 5.43. The smallest absolute Gasteiger partial charge is 0.255 e. The van der Waals surface area contributed by atoms with Crippen LogP contribution in [0, 0.1) is 5.82 Å². The van der Waals surface area contributed by atoms with Gasteiger partial charge in [0.05, 0.1) is 6.20 Å². The number of anilines is 1. The highest BCUT2D eigenvalue weighted by atomic mass is 19.1. The Morgan fingerprint density at radius 2 is 1.86 bits per heavy atom. The molecular weight excluding hydrogens is 369 g/mol. The average molecular weight is 393 g/mol. The Morgan fingerprint density at radius 3 is 2.62 bits per heavy atom. The van der Waals surface area contributed by atoms with Crippen LogP contribution in [0.2, 0.25) is 0 Å². The molecule has 7 heteroatoms. The van der Waals surface area contributed by atoms with E-state index in [0.29, 0.717) is 23.2 Å². The van der Waals surface area contributed by atoms with Gasteiger partial charge in [-0.05, 0) is 50.9 Å². The zero-order chi connectivity index (χ0) is 20.2. The van der Waals surface area contributed by atoms with Crippen LogP contribution in [-0.2, 0) is 0 Å². The van der Waals surface area contributed by atoms with Gasteiger partial charge in [-0.15, -0.1) is 0 Å². The molecule has 0 atom stereocenters. The van der Waals surface area contributed by atoms with Crippen LogP contribution in [0.1, 0.15) is 25.7 Å². The maximum atomic E-state index is 14.5. The second kappa shape index (κ2) is 8.53. The minimum absolute atomic E-state index is 0.146. The van der Waals surface area contributed by atoms with E-state index in [1.54, 1.807) is 36.5 Å². The van der Waals surface area contributed by atoms with Gasteiger partial charge in [0.1, 0.15) is 5.69 Å². The first kappa shape index (κ1) is 19.3. The molecule has 0 spiro atoms. The lowest BCUT2D eigenvalue weighted by molar-refractivity contribution is 0.370. The van der Waals surface area contributed by atoms with Gasteiger partial charge in [-0.25, -0.2) is 14.4 Å². The third-order valence-corrected chi connectivity index (χ3v) is 5.43. The van der Waals surface area contributed by atoms with Gasteiger partial charge in [0.25, 0.3) is 5.56 Å². The van der Waals surface area contributed by atoms with Crippen molar-refractivity contribution < 1.29 is 4.39 Å². The van der Waals surface area contributed by atoms with Gasteiger partial charge in [-0.1, -0.05) is 18.2 Å². The van der Waals surface area contributed by atoms with Gasteiger partial charge >= 0.3 is 0 Å². The molecule has 2 aromatic heterocycles. The lowest BCUT2D eigenvalue weighted by atomic mass is 9.91. The first-order valence-electron chi connectivity index (χ1n) is 9.89. The zero-order valence-electron chi connectivity index (χ0n) is 16.3. The summed E-state index contributed by atoms with van der Waals surface area (Å²) in [6.07, 6.45) is 7.12. The molecule has 0 bridgehead atoms. The van der Waals surface area contributed by atoms with E-state index in [2.05, 4.69) is 20.6 Å². The van der Waals surface area contributed by atoms with Gasteiger partial charge in [-0.2, -0.15) is 0 Å². The normalized spacial score (nSPS) is 19.1. The van der Waals surface area contributed by atoms with Crippen LogP contribution in [0.15, 0.2) is 59.7 Å². The highest BCUT2D eigenvalue weighted by Gasteiger charge is 2.21. The maximum absolute atomic E-state index is 14.5. The molecule has 1 aliphatic carbocycles. The van der Waals surface area contributed by atoms with Crippen molar-refractivity contribution in [3.63, 3.8) is 0 Å². The van der Waals surface area contributed by atoms with E-state index >= 15 is 0 Å². The topological polar surface area (TPSA) is 71.8 Å². The predicted octanol–water partition coefficient (Wildman–Crippen LogP) is 3.38. The van der Waals surface area contributed by atoms with Crippen molar-refractivity contribution in [2.75, 3.05) is 12.4 Å². The third kappa shape index (κ3) is 4.35. The largest absolute Gasteiger partial charge is 0.351 e. The molecule has 1 aromatic carbocycles. The molecule has 0 saturated heterocycles. The Kier molecular flexibility index (Phi) is 5.67. The van der Waals surface area contributed by atoms with Crippen LogP contribution in [0.25, 0.3) is 16.9 Å². The number of nitrogens with zero attached hydrogens (tertiary/aromatic N) is 3. The Morgan fingerprint density at radius 1 is 1.07 bits per heavy atom. The lowest BCUT2D eigenvalue weighted by Gasteiger charge is -2.28. The Bertz CT molecular complexity index is 1040. The van der Waals surface area contributed by atoms with Crippen molar-refractivity contribution in [2.45, 2.75) is 37.8 Å². The first-order chi connectivity index (χ1) is 14.1. The van der Waals surface area contributed by atoms with Crippen molar-refractivity contribution in [3.05, 3.63) is 71.0 Å². The van der Waals surface area contributed by atoms with Crippen LogP contribution in [0.5, 0.6) is 0 Å². The van der Waals surface area contributed by atoms with Gasteiger partial charge in [0.2, 0.25) is 5.95 Å². The summed E-state index contributed by atoms with van der Waals surface area (Å²) in [5.41, 5.74) is 1.33. The van der Waals surface area contributed by atoms with Gasteiger partial charge in [0, 0.05) is 35.6 Å². The molecule has 0 radical (unpaired) electrons. The number of hydrogen-bond acceptors (Lipinski definition) is 5. The Labute approximate surface area is 168 Å². The summed E-state index contributed by atoms with van der Waals surface area (Å²) in [6, 6.07) is 12.9. The fourth-order valence-electron chi connectivity index (χ4n) is 3.79. The number of hydrogen-bond donors (Lipinski definition) is 2. The fourth-order valence-corrected chi connectivity index (χ4v) is 3.79. The SMILES string of the molecule is CNC1CCC(Nc2ncc(F)c(-c3cccc(-n4ccccc4=O)c3)n2)CC1. The lowest BCUT2D eigenvalue weighted by Crippen LogP contribution is -2.35. The van der Waals surface area contributed by atoms with Crippen molar-refractivity contribution in [2.24, 2.45) is 0 Å². The van der Waals surface area contributed by atoms with E-state index in [1.807, 2.05) is 13.1 Å². The molecule has 2 N–H and O–H groups in total. The molecule has 2 heterocycles. The molecule has 0 unspecified atom stereocenters. The zero-order valence-corrected chi connectivity index (χ0v) is 16.3. The first-order valence-corrected chi connectivity index (χ1v) is 9.89. The van der Waals surface area contributed by atoms with E-state index < -0.39 is 5.82 Å². The molecular formula is C22H24FN5O. The van der Waals surface area contributed by atoms with Crippen molar-refractivity contribution >= 4 is 5.95 Å². The van der Waals surface area contributed by atoms with Crippen LogP contribution >= 0.6 is 0 Å². The van der Waals surface area contributed by atoms with Crippen molar-refractivity contribution in [3.8, 4) is 16.9 Å². The molecule has 4 rings (SSSR count). The summed E-state index contributed by atoms with van der Waals surface area (Å²) in [6.45, 7) is 0. The van der Waals surface area contributed by atoms with Crippen LogP contribution in [0.4, 0.5) is 10.3 Å². The second-order valence-electron chi connectivity index (χ2n) is 7.33. The summed E-state index contributed by atoms with van der Waals surface area (Å²) in [5, 5.41) is 6.66. The molecule has 150 valence electrons. The summed E-state index contributed by atoms with van der Waals surface area (Å²) < 4.78 is 16.0. The number of rotatable bonds is 5. The molecule has 29 heavy (non-hydrogen) atoms. The number of pyridine rings is 1. The maximum Gasteiger partial charge on any atom is 0.255 e. The number of nitrogens with one attached hydrogen (secondary N) is 2. The standard InChI is InChI=1S/C22H24FN5O/c1-24-16-8-10-17(11-9-16)26-22-25-14-19(23)21(27-22)15-5-4-6-18(13-15)28-12-3-2-7-20(28)29/h2-7,12-14,16-17,24H,8-11H2,1H3,(H,25,26,27). The highest BCUT2D eigenvalue weighted by Crippen LogP contribution is 2.25. The summed E-state index contributed by atoms with van der Waals surface area (Å²) in [5.74, 6) is -0.0661. The monoisotopic (exact) mass is 393 g/mol. The Balaban J connectivity index is 1.59. The van der Waals surface area contributed by atoms with E-state index in [1.165, 1.54) is 16.8 Å². The van der Waals surface area contributed by atoms with Crippen LogP contribution in [0.3, 0.4) is 0 Å². The molecule has 6 nitrogen and oxygen atoms in total. The van der Waals surface area contributed by atoms with E-state index in [4.69, 9.17) is 0 Å². The summed E-state index contributed by atoms with van der Waals surface area (Å²) in [4.78, 5) is 20.7. The fraction of sp³-hybridized carbons (Fsp3) is 0.318. The van der Waals surface area contributed by atoms with Crippen LogP contribution in [-0.4, -0.2) is 33.7 Å². The van der Waals surface area contributed by atoms with Gasteiger partial charge in [-0.3, -0.25) is 9.36 Å². The number of aromatic nitrogens is 3. The highest BCUT2D eigenvalue weighted by molar-refractivity contribution is 5.63. The molecule has 1 fully saturated rings. The summed E-state index contributed by atoms with van der Waals surface area (Å²) in [7, 11) is 1.99. The molecule has 0 amide bonds. The Hall–Kier alpha value is -3.06. The molecule has 1 aliphatic rings. The molecule has 1 saturated carbocycles. The van der Waals surface area contributed by atoms with Gasteiger partial charge in [0.15, 0.2) is 5.82 Å². The van der Waals surface area contributed by atoms with Crippen molar-refractivity contribution in [1.29, 1.82) is 0 Å². The molecule has 3 aromatic rings. The summed E-state index contributed by atoms with van der Waals surface area (Å²) >= 11 is 0. The quantitative estimate of drug-likeness (QED) is 0.695. The van der Waals surface area contributed by atoms with Gasteiger partial charge < -0.3 is 10.6 Å².